The topological polar surface area (TPSA) is 65.0 Å². The quantitative estimate of drug-likeness (QED) is 0.187. The first-order chi connectivity index (χ1) is 24.8. The van der Waals surface area contributed by atoms with Gasteiger partial charge >= 0.3 is 0 Å². The van der Waals surface area contributed by atoms with Crippen LogP contribution in [0.15, 0.2) is 173 Å². The zero-order chi connectivity index (χ0) is 33.0. The van der Waals surface area contributed by atoms with Gasteiger partial charge in [-0.3, -0.25) is 0 Å². The fourth-order valence-corrected chi connectivity index (χ4v) is 7.00. The molecule has 0 N–H and O–H groups in total. The zero-order valence-corrected chi connectivity index (χ0v) is 26.7. The molecule has 0 bridgehead atoms. The number of aromatic nitrogens is 3. The number of para-hydroxylation sites is 1. The van der Waals surface area contributed by atoms with Crippen LogP contribution < -0.4 is 0 Å². The van der Waals surface area contributed by atoms with E-state index < -0.39 is 0 Å². The third-order valence-corrected chi connectivity index (χ3v) is 9.35. The number of hydrogen-bond acceptors (Lipinski definition) is 5. The summed E-state index contributed by atoms with van der Waals surface area (Å²) in [6.07, 6.45) is 0. The van der Waals surface area contributed by atoms with Crippen molar-refractivity contribution in [2.24, 2.45) is 0 Å². The Hall–Kier alpha value is -6.85. The molecule has 7 aromatic carbocycles. The van der Waals surface area contributed by atoms with E-state index in [-0.39, 0.29) is 0 Å². The van der Waals surface area contributed by atoms with Crippen LogP contribution in [0.25, 0.3) is 100 Å². The highest BCUT2D eigenvalue weighted by molar-refractivity contribution is 6.18. The predicted molar refractivity (Wildman–Crippen MR) is 202 cm³/mol. The normalized spacial score (nSPS) is 11.6. The molecule has 0 amide bonds. The van der Waals surface area contributed by atoms with E-state index in [2.05, 4.69) is 84.9 Å². The van der Waals surface area contributed by atoms with E-state index in [0.29, 0.717) is 17.5 Å². The van der Waals surface area contributed by atoms with Crippen molar-refractivity contribution in [1.29, 1.82) is 0 Å². The molecule has 0 fully saturated rings. The van der Waals surface area contributed by atoms with E-state index in [1.54, 1.807) is 0 Å². The number of furan rings is 2. The van der Waals surface area contributed by atoms with Crippen molar-refractivity contribution in [3.63, 3.8) is 0 Å². The van der Waals surface area contributed by atoms with Crippen molar-refractivity contribution < 1.29 is 8.83 Å². The van der Waals surface area contributed by atoms with Gasteiger partial charge in [0.05, 0.1) is 0 Å². The van der Waals surface area contributed by atoms with Crippen LogP contribution in [0.1, 0.15) is 0 Å². The smallest absolute Gasteiger partial charge is 0.164 e. The molecule has 0 unspecified atom stereocenters. The molecule has 0 aliphatic heterocycles. The first-order valence-electron chi connectivity index (χ1n) is 16.6. The monoisotopic (exact) mass is 641 g/mol. The average Bonchev–Trinajstić information content (AvgIpc) is 3.77. The van der Waals surface area contributed by atoms with Crippen LogP contribution in [-0.2, 0) is 0 Å². The SMILES string of the molecule is c1ccc(-c2cccc(-c3nc(-c4ccccc4)nc(-c4cccc5oc6cccc(-c7ccc8oc9ccccc9c8c7)c6c45)n3)c2)cc1. The van der Waals surface area contributed by atoms with Crippen LogP contribution in [0.4, 0.5) is 0 Å². The summed E-state index contributed by atoms with van der Waals surface area (Å²) < 4.78 is 12.7. The van der Waals surface area contributed by atoms with Crippen molar-refractivity contribution in [2.75, 3.05) is 0 Å². The number of rotatable bonds is 5. The minimum Gasteiger partial charge on any atom is -0.456 e. The molecule has 3 aromatic heterocycles. The van der Waals surface area contributed by atoms with Crippen molar-refractivity contribution in [3.8, 4) is 56.4 Å². The van der Waals surface area contributed by atoms with Crippen LogP contribution in [0, 0.1) is 0 Å². The lowest BCUT2D eigenvalue weighted by atomic mass is 9.96. The van der Waals surface area contributed by atoms with Gasteiger partial charge in [0.25, 0.3) is 0 Å². The van der Waals surface area contributed by atoms with E-state index in [9.17, 15) is 0 Å². The van der Waals surface area contributed by atoms with Crippen LogP contribution in [0.2, 0.25) is 0 Å². The minimum atomic E-state index is 0.582. The Morgan fingerprint density at radius 2 is 0.840 bits per heavy atom. The van der Waals surface area contributed by atoms with Gasteiger partial charge in [0.2, 0.25) is 0 Å². The maximum absolute atomic E-state index is 6.52. The molecule has 234 valence electrons. The molecule has 0 radical (unpaired) electrons. The molecular formula is C45H27N3O2. The van der Waals surface area contributed by atoms with E-state index in [1.165, 1.54) is 0 Å². The van der Waals surface area contributed by atoms with Crippen LogP contribution >= 0.6 is 0 Å². The maximum Gasteiger partial charge on any atom is 0.164 e. The molecule has 50 heavy (non-hydrogen) atoms. The highest BCUT2D eigenvalue weighted by Crippen LogP contribution is 2.42. The molecule has 0 saturated heterocycles. The van der Waals surface area contributed by atoms with Crippen LogP contribution in [-0.4, -0.2) is 15.0 Å². The molecule has 10 rings (SSSR count). The van der Waals surface area contributed by atoms with Gasteiger partial charge < -0.3 is 8.83 Å². The summed E-state index contributed by atoms with van der Waals surface area (Å²) in [5.74, 6) is 1.80. The fourth-order valence-electron chi connectivity index (χ4n) is 7.00. The Balaban J connectivity index is 1.21. The lowest BCUT2D eigenvalue weighted by Gasteiger charge is -2.11. The first-order valence-corrected chi connectivity index (χ1v) is 16.6. The third kappa shape index (κ3) is 4.67. The lowest BCUT2D eigenvalue weighted by molar-refractivity contribution is 0.669. The summed E-state index contributed by atoms with van der Waals surface area (Å²) in [6.45, 7) is 0. The van der Waals surface area contributed by atoms with E-state index >= 15 is 0 Å². The second-order valence-corrected chi connectivity index (χ2v) is 12.4. The first kappa shape index (κ1) is 28.2. The molecule has 0 aliphatic carbocycles. The molecule has 0 atom stereocenters. The molecule has 0 saturated carbocycles. The summed E-state index contributed by atoms with van der Waals surface area (Å²) in [7, 11) is 0. The Bertz CT molecular complexity index is 2870. The summed E-state index contributed by atoms with van der Waals surface area (Å²) >= 11 is 0. The largest absolute Gasteiger partial charge is 0.456 e. The van der Waals surface area contributed by atoms with Gasteiger partial charge in [0.1, 0.15) is 22.3 Å². The second kappa shape index (κ2) is 11.4. The molecule has 0 aliphatic rings. The molecule has 3 heterocycles. The fraction of sp³-hybridized carbons (Fsp3) is 0. The molecule has 0 spiro atoms. The highest BCUT2D eigenvalue weighted by atomic mass is 16.3. The van der Waals surface area contributed by atoms with Gasteiger partial charge in [-0.25, -0.2) is 15.0 Å². The Kier molecular flexibility index (Phi) is 6.42. The maximum atomic E-state index is 6.52. The van der Waals surface area contributed by atoms with Crippen molar-refractivity contribution in [3.05, 3.63) is 164 Å². The molecule has 5 heteroatoms. The van der Waals surface area contributed by atoms with E-state index in [4.69, 9.17) is 23.8 Å². The van der Waals surface area contributed by atoms with E-state index in [0.717, 1.165) is 82.8 Å². The summed E-state index contributed by atoms with van der Waals surface area (Å²) in [5.41, 5.74) is 10.4. The summed E-state index contributed by atoms with van der Waals surface area (Å²) in [6, 6.07) is 55.7. The lowest BCUT2D eigenvalue weighted by Crippen LogP contribution is -2.00. The van der Waals surface area contributed by atoms with Crippen LogP contribution in [0.3, 0.4) is 0 Å². The second-order valence-electron chi connectivity index (χ2n) is 12.4. The van der Waals surface area contributed by atoms with Gasteiger partial charge in [0, 0.05) is 38.2 Å². The Morgan fingerprint density at radius 1 is 0.300 bits per heavy atom. The Morgan fingerprint density at radius 3 is 1.64 bits per heavy atom. The third-order valence-electron chi connectivity index (χ3n) is 9.35. The van der Waals surface area contributed by atoms with Gasteiger partial charge in [-0.2, -0.15) is 0 Å². The Labute approximate surface area is 287 Å². The van der Waals surface area contributed by atoms with Gasteiger partial charge in [-0.05, 0) is 58.7 Å². The van der Waals surface area contributed by atoms with Crippen molar-refractivity contribution in [2.45, 2.75) is 0 Å². The molecular weight excluding hydrogens is 615 g/mol. The van der Waals surface area contributed by atoms with Crippen molar-refractivity contribution in [1.82, 2.24) is 15.0 Å². The number of fused-ring (bicyclic) bond motifs is 6. The minimum absolute atomic E-state index is 0.582. The number of nitrogens with zero attached hydrogens (tertiary/aromatic N) is 3. The van der Waals surface area contributed by atoms with Gasteiger partial charge in [-0.1, -0.05) is 127 Å². The number of benzene rings is 7. The highest BCUT2D eigenvalue weighted by Gasteiger charge is 2.20. The standard InChI is InChI=1S/C45H27N3O2/c1-3-12-28(13-4-1)30-16-9-17-32(26-30)44-46-43(29-14-5-2-6-15-29)47-45(48-44)35-20-11-23-40-42(35)41-33(19-10-22-39(41)50-40)31-24-25-38-36(27-31)34-18-7-8-21-37(34)49-38/h1-27H. The molecule has 5 nitrogen and oxygen atoms in total. The summed E-state index contributed by atoms with van der Waals surface area (Å²) in [5, 5.41) is 4.15. The number of hydrogen-bond donors (Lipinski definition) is 0. The predicted octanol–water partition coefficient (Wildman–Crippen LogP) is 12.0. The van der Waals surface area contributed by atoms with Crippen molar-refractivity contribution >= 4 is 43.9 Å². The zero-order valence-electron chi connectivity index (χ0n) is 26.7. The summed E-state index contributed by atoms with van der Waals surface area (Å²) in [4.78, 5) is 15.3. The molecule has 10 aromatic rings. The van der Waals surface area contributed by atoms with Gasteiger partial charge in [0.15, 0.2) is 17.5 Å². The van der Waals surface area contributed by atoms with Gasteiger partial charge in [-0.15, -0.1) is 0 Å². The average molecular weight is 642 g/mol. The van der Waals surface area contributed by atoms with E-state index in [1.807, 2.05) is 78.9 Å². The van der Waals surface area contributed by atoms with Crippen LogP contribution in [0.5, 0.6) is 0 Å².